The summed E-state index contributed by atoms with van der Waals surface area (Å²) in [4.78, 5) is 0. The lowest BCUT2D eigenvalue weighted by molar-refractivity contribution is 0.429. The fraction of sp³-hybridized carbons (Fsp3) is 1.00. The largest absolute Gasteiger partial charge is 0.330 e. The van der Waals surface area contributed by atoms with Crippen molar-refractivity contribution in [3.8, 4) is 0 Å². The maximum Gasteiger partial charge on any atom is -0.00489 e. The van der Waals surface area contributed by atoms with E-state index in [-0.39, 0.29) is 0 Å². The molecule has 0 aliphatic heterocycles. The van der Waals surface area contributed by atoms with Gasteiger partial charge in [0.1, 0.15) is 0 Å². The van der Waals surface area contributed by atoms with Crippen LogP contribution in [0.1, 0.15) is 65.2 Å². The summed E-state index contributed by atoms with van der Waals surface area (Å²) >= 11 is 0. The van der Waals surface area contributed by atoms with Gasteiger partial charge in [-0.15, -0.1) is 0 Å². The second-order valence-electron chi connectivity index (χ2n) is 4.09. The smallest absolute Gasteiger partial charge is 0.00489 e. The van der Waals surface area contributed by atoms with Gasteiger partial charge in [0, 0.05) is 0 Å². The van der Waals surface area contributed by atoms with E-state index in [1.54, 1.807) is 0 Å². The van der Waals surface area contributed by atoms with Crippen molar-refractivity contribution in [2.24, 2.45) is 11.7 Å². The summed E-state index contributed by atoms with van der Waals surface area (Å²) in [5, 5.41) is 0. The van der Waals surface area contributed by atoms with E-state index in [4.69, 9.17) is 5.73 Å². The molecule has 0 aromatic rings. The molecule has 0 amide bonds. The maximum absolute atomic E-state index is 5.70. The summed E-state index contributed by atoms with van der Waals surface area (Å²) in [6.45, 7) is 5.40. The minimum atomic E-state index is 0.798. The van der Waals surface area contributed by atoms with Gasteiger partial charge >= 0.3 is 0 Å². The lowest BCUT2D eigenvalue weighted by Gasteiger charge is -2.12. The third kappa shape index (κ3) is 8.29. The number of unbranched alkanes of at least 4 members (excludes halogenated alkanes) is 4. The van der Waals surface area contributed by atoms with Gasteiger partial charge in [-0.25, -0.2) is 0 Å². The van der Waals surface area contributed by atoms with Gasteiger partial charge < -0.3 is 5.73 Å². The van der Waals surface area contributed by atoms with Gasteiger partial charge in [0.2, 0.25) is 0 Å². The molecule has 0 fully saturated rings. The van der Waals surface area contributed by atoms with Gasteiger partial charge in [-0.1, -0.05) is 52.4 Å². The van der Waals surface area contributed by atoms with E-state index in [1.807, 2.05) is 0 Å². The molecule has 1 unspecified atom stereocenters. The minimum Gasteiger partial charge on any atom is -0.330 e. The quantitative estimate of drug-likeness (QED) is 0.544. The topological polar surface area (TPSA) is 26.0 Å². The summed E-state index contributed by atoms with van der Waals surface area (Å²) in [6.07, 6.45) is 10.9. The van der Waals surface area contributed by atoms with E-state index in [9.17, 15) is 0 Å². The molecule has 0 aliphatic rings. The van der Waals surface area contributed by atoms with Crippen LogP contribution < -0.4 is 5.73 Å². The van der Waals surface area contributed by atoms with E-state index in [0.29, 0.717) is 0 Å². The summed E-state index contributed by atoms with van der Waals surface area (Å²) in [6, 6.07) is 0. The van der Waals surface area contributed by atoms with Gasteiger partial charge in [0.05, 0.1) is 0 Å². The van der Waals surface area contributed by atoms with Crippen LogP contribution in [0.2, 0.25) is 0 Å². The maximum atomic E-state index is 5.70. The molecule has 80 valence electrons. The van der Waals surface area contributed by atoms with E-state index in [1.165, 1.54) is 51.4 Å². The molecule has 0 saturated carbocycles. The van der Waals surface area contributed by atoms with Crippen molar-refractivity contribution in [1.29, 1.82) is 0 Å². The second kappa shape index (κ2) is 10.0. The first-order valence-corrected chi connectivity index (χ1v) is 6.05. The van der Waals surface area contributed by atoms with E-state index in [0.717, 1.165) is 12.5 Å². The van der Waals surface area contributed by atoms with Crippen LogP contribution in [0.4, 0.5) is 0 Å². The van der Waals surface area contributed by atoms with Crippen LogP contribution in [0.5, 0.6) is 0 Å². The minimum absolute atomic E-state index is 0.798. The SMILES string of the molecule is CCCCCCCC(CN)CCC. The number of hydrogen-bond acceptors (Lipinski definition) is 1. The molecule has 0 aromatic carbocycles. The Morgan fingerprint density at radius 1 is 0.846 bits per heavy atom. The Morgan fingerprint density at radius 3 is 2.08 bits per heavy atom. The fourth-order valence-electron chi connectivity index (χ4n) is 1.82. The van der Waals surface area contributed by atoms with Gasteiger partial charge in [-0.3, -0.25) is 0 Å². The zero-order chi connectivity index (χ0) is 9.94. The molecular formula is C12H27N. The molecule has 0 saturated heterocycles. The normalized spacial score (nSPS) is 13.2. The molecule has 2 N–H and O–H groups in total. The zero-order valence-corrected chi connectivity index (χ0v) is 9.52. The Hall–Kier alpha value is -0.0400. The van der Waals surface area contributed by atoms with Crippen molar-refractivity contribution in [2.75, 3.05) is 6.54 Å². The Bertz CT molecular complexity index is 91.1. The standard InChI is InChI=1S/C12H27N/c1-3-5-6-7-8-10-12(11-13)9-4-2/h12H,3-11,13H2,1-2H3. The molecule has 0 aromatic heterocycles. The van der Waals surface area contributed by atoms with Crippen LogP contribution in [0.3, 0.4) is 0 Å². The lowest BCUT2D eigenvalue weighted by Crippen LogP contribution is -2.13. The predicted molar refractivity (Wildman–Crippen MR) is 60.8 cm³/mol. The second-order valence-corrected chi connectivity index (χ2v) is 4.09. The van der Waals surface area contributed by atoms with E-state index in [2.05, 4.69) is 13.8 Å². The highest BCUT2D eigenvalue weighted by Crippen LogP contribution is 2.15. The molecular weight excluding hydrogens is 158 g/mol. The third-order valence-electron chi connectivity index (χ3n) is 2.75. The van der Waals surface area contributed by atoms with Crippen LogP contribution in [-0.2, 0) is 0 Å². The van der Waals surface area contributed by atoms with Crippen molar-refractivity contribution >= 4 is 0 Å². The Balaban J connectivity index is 3.17. The van der Waals surface area contributed by atoms with Gasteiger partial charge in [-0.2, -0.15) is 0 Å². The molecule has 1 atom stereocenters. The summed E-state index contributed by atoms with van der Waals surface area (Å²) in [5.41, 5.74) is 5.70. The molecule has 13 heavy (non-hydrogen) atoms. The third-order valence-corrected chi connectivity index (χ3v) is 2.75. The van der Waals surface area contributed by atoms with Crippen molar-refractivity contribution < 1.29 is 0 Å². The number of nitrogens with two attached hydrogens (primary N) is 1. The van der Waals surface area contributed by atoms with Crippen molar-refractivity contribution in [3.63, 3.8) is 0 Å². The van der Waals surface area contributed by atoms with Gasteiger partial charge in [-0.05, 0) is 25.3 Å². The first kappa shape index (κ1) is 13.0. The monoisotopic (exact) mass is 185 g/mol. The molecule has 0 aliphatic carbocycles. The summed E-state index contributed by atoms with van der Waals surface area (Å²) < 4.78 is 0. The molecule has 0 bridgehead atoms. The molecule has 0 heterocycles. The Labute approximate surface area is 84.1 Å². The van der Waals surface area contributed by atoms with Crippen molar-refractivity contribution in [2.45, 2.75) is 65.2 Å². The van der Waals surface area contributed by atoms with Crippen molar-refractivity contribution in [1.82, 2.24) is 0 Å². The highest BCUT2D eigenvalue weighted by atomic mass is 14.5. The van der Waals surface area contributed by atoms with Crippen LogP contribution in [0.25, 0.3) is 0 Å². The lowest BCUT2D eigenvalue weighted by atomic mass is 9.96. The molecule has 0 radical (unpaired) electrons. The van der Waals surface area contributed by atoms with Crippen molar-refractivity contribution in [3.05, 3.63) is 0 Å². The predicted octanol–water partition coefficient (Wildman–Crippen LogP) is 3.72. The first-order chi connectivity index (χ1) is 6.35. The Kier molecular flexibility index (Phi) is 10.0. The van der Waals surface area contributed by atoms with Crippen LogP contribution in [-0.4, -0.2) is 6.54 Å². The van der Waals surface area contributed by atoms with Gasteiger partial charge in [0.25, 0.3) is 0 Å². The Morgan fingerprint density at radius 2 is 1.54 bits per heavy atom. The molecule has 0 spiro atoms. The number of hydrogen-bond donors (Lipinski definition) is 1. The average Bonchev–Trinajstić information content (AvgIpc) is 2.16. The van der Waals surface area contributed by atoms with E-state index < -0.39 is 0 Å². The van der Waals surface area contributed by atoms with E-state index >= 15 is 0 Å². The first-order valence-electron chi connectivity index (χ1n) is 6.05. The zero-order valence-electron chi connectivity index (χ0n) is 9.52. The van der Waals surface area contributed by atoms with Gasteiger partial charge in [0.15, 0.2) is 0 Å². The van der Waals surface area contributed by atoms with Crippen LogP contribution >= 0.6 is 0 Å². The summed E-state index contributed by atoms with van der Waals surface area (Å²) in [7, 11) is 0. The average molecular weight is 185 g/mol. The number of rotatable bonds is 9. The molecule has 1 nitrogen and oxygen atoms in total. The summed E-state index contributed by atoms with van der Waals surface area (Å²) in [5.74, 6) is 0.798. The highest BCUT2D eigenvalue weighted by molar-refractivity contribution is 4.59. The highest BCUT2D eigenvalue weighted by Gasteiger charge is 2.03. The van der Waals surface area contributed by atoms with Crippen LogP contribution in [0.15, 0.2) is 0 Å². The molecule has 0 rings (SSSR count). The molecule has 1 heteroatoms. The fourth-order valence-corrected chi connectivity index (χ4v) is 1.82. The van der Waals surface area contributed by atoms with Crippen LogP contribution in [0, 0.1) is 5.92 Å².